The highest BCUT2D eigenvalue weighted by Gasteiger charge is 2.11. The maximum atomic E-state index is 5.92. The molecule has 1 fully saturated rings. The smallest absolute Gasteiger partial charge is 0.131 e. The summed E-state index contributed by atoms with van der Waals surface area (Å²) in [5.41, 5.74) is 9.73. The van der Waals surface area contributed by atoms with Crippen molar-refractivity contribution < 1.29 is 0 Å². The van der Waals surface area contributed by atoms with Crippen molar-refractivity contribution in [2.24, 2.45) is 0 Å². The molecule has 0 saturated carbocycles. The van der Waals surface area contributed by atoms with E-state index in [9.17, 15) is 0 Å². The Hall–Kier alpha value is -2.59. The third-order valence-corrected chi connectivity index (χ3v) is 4.89. The van der Waals surface area contributed by atoms with Crippen molar-refractivity contribution in [1.29, 1.82) is 0 Å². The third kappa shape index (κ3) is 3.74. The second kappa shape index (κ2) is 7.11. The molecule has 0 amide bonds. The van der Waals surface area contributed by atoms with Crippen LogP contribution in [-0.4, -0.2) is 23.0 Å². The molecular weight excluding hydrogens is 308 g/mol. The number of nitrogens with one attached hydrogen (secondary N) is 1. The first-order chi connectivity index (χ1) is 12.3. The molecule has 1 aromatic heterocycles. The predicted octanol–water partition coefficient (Wildman–Crippen LogP) is 4.02. The number of nitrogens with two attached hydrogens (primary N) is 1. The topological polar surface area (TPSA) is 54.2 Å². The third-order valence-electron chi connectivity index (χ3n) is 4.89. The average molecular weight is 332 g/mol. The second-order valence-corrected chi connectivity index (χ2v) is 6.79. The molecule has 0 bridgehead atoms. The number of pyridine rings is 1. The SMILES string of the molecule is Nc1nccc2cc(NCc3cccc(CN4CCCC4)c3)ccc12. The minimum atomic E-state index is 0.582. The first-order valence-corrected chi connectivity index (χ1v) is 8.96. The highest BCUT2D eigenvalue weighted by molar-refractivity contribution is 5.92. The lowest BCUT2D eigenvalue weighted by Gasteiger charge is -2.15. The summed E-state index contributed by atoms with van der Waals surface area (Å²) in [5, 5.41) is 5.63. The number of anilines is 2. The number of fused-ring (bicyclic) bond motifs is 1. The van der Waals surface area contributed by atoms with E-state index >= 15 is 0 Å². The maximum absolute atomic E-state index is 5.92. The number of hydrogen-bond donors (Lipinski definition) is 2. The van der Waals surface area contributed by atoms with Crippen LogP contribution in [0.25, 0.3) is 10.8 Å². The van der Waals surface area contributed by atoms with Gasteiger partial charge in [-0.3, -0.25) is 4.90 Å². The molecule has 2 aromatic carbocycles. The van der Waals surface area contributed by atoms with E-state index in [0.29, 0.717) is 5.82 Å². The molecule has 0 aliphatic carbocycles. The largest absolute Gasteiger partial charge is 0.383 e. The summed E-state index contributed by atoms with van der Waals surface area (Å²) in [5.74, 6) is 0.582. The number of nitrogen functional groups attached to an aromatic ring is 1. The van der Waals surface area contributed by atoms with Gasteiger partial charge in [-0.2, -0.15) is 0 Å². The van der Waals surface area contributed by atoms with Crippen LogP contribution in [0.3, 0.4) is 0 Å². The van der Waals surface area contributed by atoms with Crippen molar-refractivity contribution in [2.45, 2.75) is 25.9 Å². The summed E-state index contributed by atoms with van der Waals surface area (Å²) in [6, 6.07) is 17.1. The van der Waals surface area contributed by atoms with Crippen LogP contribution in [-0.2, 0) is 13.1 Å². The molecule has 128 valence electrons. The Morgan fingerprint density at radius 2 is 1.84 bits per heavy atom. The van der Waals surface area contributed by atoms with Gasteiger partial charge in [-0.05, 0) is 66.7 Å². The van der Waals surface area contributed by atoms with E-state index in [1.54, 1.807) is 6.20 Å². The van der Waals surface area contributed by atoms with Crippen molar-refractivity contribution in [3.8, 4) is 0 Å². The molecule has 4 heteroatoms. The monoisotopic (exact) mass is 332 g/mol. The van der Waals surface area contributed by atoms with Gasteiger partial charge in [0.25, 0.3) is 0 Å². The standard InChI is InChI=1S/C21H24N4/c22-21-20-7-6-19(13-18(20)8-9-23-21)24-14-16-4-3-5-17(12-16)15-25-10-1-2-11-25/h3-9,12-13,24H,1-2,10-11,14-15H2,(H2,22,23). The van der Waals surface area contributed by atoms with Crippen molar-refractivity contribution in [2.75, 3.05) is 24.1 Å². The van der Waals surface area contributed by atoms with Gasteiger partial charge in [0, 0.05) is 30.4 Å². The molecule has 0 radical (unpaired) electrons. The van der Waals surface area contributed by atoms with Gasteiger partial charge in [-0.15, -0.1) is 0 Å². The number of nitrogens with zero attached hydrogens (tertiary/aromatic N) is 2. The molecule has 3 aromatic rings. The summed E-state index contributed by atoms with van der Waals surface area (Å²) in [4.78, 5) is 6.67. The lowest BCUT2D eigenvalue weighted by molar-refractivity contribution is 0.331. The Bertz CT molecular complexity index is 869. The fourth-order valence-corrected chi connectivity index (χ4v) is 3.55. The van der Waals surface area contributed by atoms with E-state index in [0.717, 1.165) is 29.5 Å². The normalized spacial score (nSPS) is 14.9. The number of benzene rings is 2. The van der Waals surface area contributed by atoms with E-state index in [-0.39, 0.29) is 0 Å². The molecule has 1 aliphatic heterocycles. The van der Waals surface area contributed by atoms with Crippen LogP contribution >= 0.6 is 0 Å². The van der Waals surface area contributed by atoms with Crippen molar-refractivity contribution >= 4 is 22.3 Å². The first kappa shape index (κ1) is 15.9. The Balaban J connectivity index is 1.44. The minimum Gasteiger partial charge on any atom is -0.383 e. The van der Waals surface area contributed by atoms with Gasteiger partial charge in [0.15, 0.2) is 0 Å². The molecule has 0 unspecified atom stereocenters. The maximum Gasteiger partial charge on any atom is 0.131 e. The number of aromatic nitrogens is 1. The number of rotatable bonds is 5. The predicted molar refractivity (Wildman–Crippen MR) is 104 cm³/mol. The van der Waals surface area contributed by atoms with Gasteiger partial charge in [-0.25, -0.2) is 4.98 Å². The van der Waals surface area contributed by atoms with E-state index in [1.165, 1.54) is 37.1 Å². The van der Waals surface area contributed by atoms with E-state index in [1.807, 2.05) is 12.1 Å². The Morgan fingerprint density at radius 1 is 1.00 bits per heavy atom. The first-order valence-electron chi connectivity index (χ1n) is 8.96. The van der Waals surface area contributed by atoms with Crippen LogP contribution in [0.1, 0.15) is 24.0 Å². The van der Waals surface area contributed by atoms with Gasteiger partial charge in [0.05, 0.1) is 0 Å². The highest BCUT2D eigenvalue weighted by atomic mass is 15.1. The van der Waals surface area contributed by atoms with Gasteiger partial charge in [-0.1, -0.05) is 24.3 Å². The molecule has 0 atom stereocenters. The zero-order valence-corrected chi connectivity index (χ0v) is 14.4. The molecule has 4 rings (SSSR count). The highest BCUT2D eigenvalue weighted by Crippen LogP contribution is 2.23. The van der Waals surface area contributed by atoms with Crippen molar-refractivity contribution in [3.05, 3.63) is 65.9 Å². The van der Waals surface area contributed by atoms with Crippen LogP contribution in [0.2, 0.25) is 0 Å². The second-order valence-electron chi connectivity index (χ2n) is 6.79. The zero-order valence-electron chi connectivity index (χ0n) is 14.4. The van der Waals surface area contributed by atoms with Crippen LogP contribution in [0.15, 0.2) is 54.7 Å². The molecule has 3 N–H and O–H groups in total. The van der Waals surface area contributed by atoms with E-state index in [4.69, 9.17) is 5.73 Å². The Labute approximate surface area is 148 Å². The molecule has 4 nitrogen and oxygen atoms in total. The quantitative estimate of drug-likeness (QED) is 0.741. The number of hydrogen-bond acceptors (Lipinski definition) is 4. The van der Waals surface area contributed by atoms with Crippen LogP contribution < -0.4 is 11.1 Å². The Morgan fingerprint density at radius 3 is 2.72 bits per heavy atom. The molecular formula is C21H24N4. The van der Waals surface area contributed by atoms with Crippen LogP contribution in [0.4, 0.5) is 11.5 Å². The number of likely N-dealkylation sites (tertiary alicyclic amines) is 1. The summed E-state index contributed by atoms with van der Waals surface area (Å²) in [7, 11) is 0. The van der Waals surface area contributed by atoms with Crippen molar-refractivity contribution in [1.82, 2.24) is 9.88 Å². The van der Waals surface area contributed by atoms with Crippen LogP contribution in [0.5, 0.6) is 0 Å². The Kier molecular flexibility index (Phi) is 4.53. The zero-order chi connectivity index (χ0) is 17.1. The van der Waals surface area contributed by atoms with Gasteiger partial charge in [0.1, 0.15) is 5.82 Å². The van der Waals surface area contributed by atoms with Crippen molar-refractivity contribution in [3.63, 3.8) is 0 Å². The fourth-order valence-electron chi connectivity index (χ4n) is 3.55. The van der Waals surface area contributed by atoms with E-state index in [2.05, 4.69) is 51.6 Å². The minimum absolute atomic E-state index is 0.582. The molecule has 0 spiro atoms. The molecule has 25 heavy (non-hydrogen) atoms. The van der Waals surface area contributed by atoms with E-state index < -0.39 is 0 Å². The summed E-state index contributed by atoms with van der Waals surface area (Å²) < 4.78 is 0. The summed E-state index contributed by atoms with van der Waals surface area (Å²) in [6.07, 6.45) is 4.43. The van der Waals surface area contributed by atoms with Crippen LogP contribution in [0, 0.1) is 0 Å². The lowest BCUT2D eigenvalue weighted by Crippen LogP contribution is -2.18. The summed E-state index contributed by atoms with van der Waals surface area (Å²) >= 11 is 0. The molecule has 1 aliphatic rings. The summed E-state index contributed by atoms with van der Waals surface area (Å²) in [6.45, 7) is 4.35. The van der Waals surface area contributed by atoms with Gasteiger partial charge in [0.2, 0.25) is 0 Å². The fraction of sp³-hybridized carbons (Fsp3) is 0.286. The molecule has 1 saturated heterocycles. The lowest BCUT2D eigenvalue weighted by atomic mass is 10.1. The van der Waals surface area contributed by atoms with Gasteiger partial charge >= 0.3 is 0 Å². The van der Waals surface area contributed by atoms with Gasteiger partial charge < -0.3 is 11.1 Å². The average Bonchev–Trinajstić information content (AvgIpc) is 3.13. The molecule has 2 heterocycles.